The van der Waals surface area contributed by atoms with E-state index in [1.165, 1.54) is 6.26 Å². The van der Waals surface area contributed by atoms with Crippen LogP contribution < -0.4 is 5.32 Å². The van der Waals surface area contributed by atoms with E-state index in [1.807, 2.05) is 18.3 Å². The largest absolute Gasteiger partial charge is 0.466 e. The Bertz CT molecular complexity index is 757. The highest BCUT2D eigenvalue weighted by Crippen LogP contribution is 2.20. The molecule has 108 valence electrons. The summed E-state index contributed by atoms with van der Waals surface area (Å²) < 4.78 is 5.18. The van der Waals surface area contributed by atoms with Gasteiger partial charge < -0.3 is 19.8 Å². The number of furan rings is 1. The summed E-state index contributed by atoms with van der Waals surface area (Å²) in [5.41, 5.74) is 0.205. The maximum Gasteiger partial charge on any atom is 0.251 e. The van der Waals surface area contributed by atoms with E-state index in [4.69, 9.17) is 4.42 Å². The van der Waals surface area contributed by atoms with E-state index < -0.39 is 5.60 Å². The molecule has 5 nitrogen and oxygen atoms in total. The van der Waals surface area contributed by atoms with Crippen molar-refractivity contribution in [3.63, 3.8) is 0 Å². The van der Waals surface area contributed by atoms with Gasteiger partial charge in [0.1, 0.15) is 11.4 Å². The molecule has 0 saturated heterocycles. The van der Waals surface area contributed by atoms with Gasteiger partial charge in [0, 0.05) is 17.3 Å². The SMILES string of the molecule is CC(O)(CNC(=O)c1ccc2cc[nH]c2c1)c1ccco1. The van der Waals surface area contributed by atoms with Crippen molar-refractivity contribution in [1.29, 1.82) is 0 Å². The van der Waals surface area contributed by atoms with E-state index in [-0.39, 0.29) is 12.5 Å². The predicted molar refractivity (Wildman–Crippen MR) is 78.9 cm³/mol. The molecule has 21 heavy (non-hydrogen) atoms. The average Bonchev–Trinajstić information content (AvgIpc) is 3.14. The summed E-state index contributed by atoms with van der Waals surface area (Å²) in [4.78, 5) is 15.2. The third-order valence-electron chi connectivity index (χ3n) is 3.46. The topological polar surface area (TPSA) is 78.3 Å². The van der Waals surface area contributed by atoms with Gasteiger partial charge in [-0.3, -0.25) is 4.79 Å². The van der Waals surface area contributed by atoms with Crippen LogP contribution in [0.5, 0.6) is 0 Å². The van der Waals surface area contributed by atoms with E-state index >= 15 is 0 Å². The fourth-order valence-electron chi connectivity index (χ4n) is 2.22. The zero-order valence-electron chi connectivity index (χ0n) is 11.6. The highest BCUT2D eigenvalue weighted by Gasteiger charge is 2.26. The second-order valence-corrected chi connectivity index (χ2v) is 5.21. The number of fused-ring (bicyclic) bond motifs is 1. The van der Waals surface area contributed by atoms with Crippen LogP contribution in [0, 0.1) is 0 Å². The third kappa shape index (κ3) is 2.68. The number of hydrogen-bond acceptors (Lipinski definition) is 3. The molecule has 3 rings (SSSR count). The molecule has 0 saturated carbocycles. The molecule has 0 aliphatic carbocycles. The third-order valence-corrected chi connectivity index (χ3v) is 3.46. The lowest BCUT2D eigenvalue weighted by molar-refractivity contribution is 0.0330. The van der Waals surface area contributed by atoms with Crippen molar-refractivity contribution in [3.8, 4) is 0 Å². The van der Waals surface area contributed by atoms with Gasteiger partial charge in [-0.15, -0.1) is 0 Å². The summed E-state index contributed by atoms with van der Waals surface area (Å²) >= 11 is 0. The van der Waals surface area contributed by atoms with Gasteiger partial charge in [-0.2, -0.15) is 0 Å². The Morgan fingerprint density at radius 3 is 3.00 bits per heavy atom. The van der Waals surface area contributed by atoms with Crippen LogP contribution in [0.4, 0.5) is 0 Å². The Balaban J connectivity index is 1.71. The zero-order chi connectivity index (χ0) is 14.9. The average molecular weight is 284 g/mol. The van der Waals surface area contributed by atoms with Gasteiger partial charge in [0.2, 0.25) is 0 Å². The van der Waals surface area contributed by atoms with Crippen LogP contribution in [-0.2, 0) is 5.60 Å². The summed E-state index contributed by atoms with van der Waals surface area (Å²) in [6, 6.07) is 10.7. The fourth-order valence-corrected chi connectivity index (χ4v) is 2.22. The molecule has 3 aromatic rings. The molecule has 1 aromatic carbocycles. The van der Waals surface area contributed by atoms with Gasteiger partial charge in [-0.05, 0) is 42.6 Å². The molecule has 0 fully saturated rings. The molecule has 1 unspecified atom stereocenters. The molecule has 5 heteroatoms. The molecule has 3 N–H and O–H groups in total. The number of aliphatic hydroxyl groups is 1. The van der Waals surface area contributed by atoms with Crippen molar-refractivity contribution < 1.29 is 14.3 Å². The molecule has 0 bridgehead atoms. The van der Waals surface area contributed by atoms with Crippen LogP contribution in [0.1, 0.15) is 23.0 Å². The smallest absolute Gasteiger partial charge is 0.251 e. The maximum atomic E-state index is 12.2. The van der Waals surface area contributed by atoms with Crippen molar-refractivity contribution in [2.45, 2.75) is 12.5 Å². The number of rotatable bonds is 4. The van der Waals surface area contributed by atoms with Crippen molar-refractivity contribution in [2.75, 3.05) is 6.54 Å². The van der Waals surface area contributed by atoms with Gasteiger partial charge in [0.25, 0.3) is 5.91 Å². The maximum absolute atomic E-state index is 12.2. The summed E-state index contributed by atoms with van der Waals surface area (Å²) in [6.45, 7) is 1.67. The first kappa shape index (κ1) is 13.5. The van der Waals surface area contributed by atoms with Crippen LogP contribution in [0.2, 0.25) is 0 Å². The number of nitrogens with one attached hydrogen (secondary N) is 2. The zero-order valence-corrected chi connectivity index (χ0v) is 11.6. The minimum atomic E-state index is -1.24. The minimum absolute atomic E-state index is 0.0715. The summed E-state index contributed by atoms with van der Waals surface area (Å²) in [6.07, 6.45) is 3.32. The van der Waals surface area contributed by atoms with Gasteiger partial charge >= 0.3 is 0 Å². The van der Waals surface area contributed by atoms with Crippen LogP contribution in [-0.4, -0.2) is 22.5 Å². The van der Waals surface area contributed by atoms with Crippen LogP contribution >= 0.6 is 0 Å². The molecule has 2 aromatic heterocycles. The molecular weight excluding hydrogens is 268 g/mol. The quantitative estimate of drug-likeness (QED) is 0.688. The first-order valence-corrected chi connectivity index (χ1v) is 6.68. The van der Waals surface area contributed by atoms with Gasteiger partial charge in [-0.25, -0.2) is 0 Å². The standard InChI is InChI=1S/C16H16N2O3/c1-16(20,14-3-2-8-21-14)10-18-15(19)12-5-4-11-6-7-17-13(11)9-12/h2-9,17,20H,10H2,1H3,(H,18,19). The number of hydrogen-bond donors (Lipinski definition) is 3. The van der Waals surface area contributed by atoms with Crippen molar-refractivity contribution in [3.05, 3.63) is 60.2 Å². The van der Waals surface area contributed by atoms with E-state index in [1.54, 1.807) is 31.2 Å². The highest BCUT2D eigenvalue weighted by atomic mass is 16.4. The molecule has 0 spiro atoms. The summed E-state index contributed by atoms with van der Waals surface area (Å²) in [5, 5.41) is 14.1. The molecule has 1 atom stereocenters. The molecular formula is C16H16N2O3. The first-order valence-electron chi connectivity index (χ1n) is 6.68. The predicted octanol–water partition coefficient (Wildman–Crippen LogP) is 2.40. The van der Waals surface area contributed by atoms with Crippen molar-refractivity contribution in [2.24, 2.45) is 0 Å². The number of amides is 1. The Morgan fingerprint density at radius 2 is 2.24 bits per heavy atom. The van der Waals surface area contributed by atoms with E-state index in [0.29, 0.717) is 11.3 Å². The number of benzene rings is 1. The normalized spacial score (nSPS) is 14.0. The van der Waals surface area contributed by atoms with Gasteiger partial charge in [-0.1, -0.05) is 6.07 Å². The lowest BCUT2D eigenvalue weighted by atomic mass is 10.0. The van der Waals surface area contributed by atoms with E-state index in [0.717, 1.165) is 10.9 Å². The highest BCUT2D eigenvalue weighted by molar-refractivity contribution is 5.97. The molecule has 0 radical (unpaired) electrons. The van der Waals surface area contributed by atoms with Crippen LogP contribution in [0.3, 0.4) is 0 Å². The minimum Gasteiger partial charge on any atom is -0.466 e. The molecule has 0 aliphatic heterocycles. The van der Waals surface area contributed by atoms with Crippen molar-refractivity contribution >= 4 is 16.8 Å². The number of carbonyl (C=O) groups excluding carboxylic acids is 1. The Kier molecular flexibility index (Phi) is 3.27. The van der Waals surface area contributed by atoms with Crippen molar-refractivity contribution in [1.82, 2.24) is 10.3 Å². The number of aromatic amines is 1. The number of H-pyrrole nitrogens is 1. The monoisotopic (exact) mass is 284 g/mol. The number of carbonyl (C=O) groups is 1. The van der Waals surface area contributed by atoms with Gasteiger partial charge in [0.15, 0.2) is 0 Å². The molecule has 2 heterocycles. The summed E-state index contributed by atoms with van der Waals surface area (Å²) in [7, 11) is 0. The Labute approximate surface area is 121 Å². The van der Waals surface area contributed by atoms with E-state index in [2.05, 4.69) is 10.3 Å². The Morgan fingerprint density at radius 1 is 1.38 bits per heavy atom. The number of aromatic nitrogens is 1. The second kappa shape index (κ2) is 5.10. The van der Waals surface area contributed by atoms with E-state index in [9.17, 15) is 9.90 Å². The molecule has 1 amide bonds. The first-order chi connectivity index (χ1) is 10.1. The van der Waals surface area contributed by atoms with Gasteiger partial charge in [0.05, 0.1) is 12.8 Å². The second-order valence-electron chi connectivity index (χ2n) is 5.21. The molecule has 0 aliphatic rings. The summed E-state index contributed by atoms with van der Waals surface area (Å²) in [5.74, 6) is 0.181. The Hall–Kier alpha value is -2.53. The lowest BCUT2D eigenvalue weighted by Crippen LogP contribution is -2.38. The lowest BCUT2D eigenvalue weighted by Gasteiger charge is -2.21. The fraction of sp³-hybridized carbons (Fsp3) is 0.188. The van der Waals surface area contributed by atoms with Crippen LogP contribution in [0.15, 0.2) is 53.3 Å². The van der Waals surface area contributed by atoms with Crippen LogP contribution in [0.25, 0.3) is 10.9 Å².